The Hall–Kier alpha value is -0.120. The highest BCUT2D eigenvalue weighted by atomic mass is 16.6. The van der Waals surface area contributed by atoms with Crippen LogP contribution in [0.2, 0.25) is 0 Å². The Bertz CT molecular complexity index is 110. The maximum atomic E-state index is 5.50. The van der Waals surface area contributed by atoms with Gasteiger partial charge in [-0.15, -0.1) is 0 Å². The second-order valence-electron chi connectivity index (χ2n) is 2.87. The predicted molar refractivity (Wildman–Crippen MR) is 47.6 cm³/mol. The third kappa shape index (κ3) is 2.73. The molecule has 0 aliphatic carbocycles. The zero-order valence-electron chi connectivity index (χ0n) is 8.01. The molecule has 1 aliphatic rings. The smallest absolute Gasteiger partial charge is 0.190 e. The molecular weight excluding hydrogens is 154 g/mol. The summed E-state index contributed by atoms with van der Waals surface area (Å²) < 4.78 is 10.8. The largest absolute Gasteiger partial charge is 0.374 e. The highest BCUT2D eigenvalue weighted by Gasteiger charge is 2.21. The van der Waals surface area contributed by atoms with E-state index in [-0.39, 0.29) is 0 Å². The van der Waals surface area contributed by atoms with E-state index in [1.807, 2.05) is 0 Å². The normalized spacial score (nSPS) is 20.2. The zero-order valence-corrected chi connectivity index (χ0v) is 8.01. The summed E-state index contributed by atoms with van der Waals surface area (Å²) in [5.41, 5.74) is 0. The maximum absolute atomic E-state index is 5.50. The van der Waals surface area contributed by atoms with Crippen LogP contribution in [0.3, 0.4) is 0 Å². The lowest BCUT2D eigenvalue weighted by Gasteiger charge is -2.31. The highest BCUT2D eigenvalue weighted by Crippen LogP contribution is 2.14. The lowest BCUT2D eigenvalue weighted by molar-refractivity contribution is -0.0817. The maximum Gasteiger partial charge on any atom is 0.190 e. The van der Waals surface area contributed by atoms with E-state index in [1.54, 1.807) is 0 Å². The monoisotopic (exact) mass is 172 g/mol. The first-order chi connectivity index (χ1) is 5.88. The molecule has 0 saturated carbocycles. The molecule has 0 aromatic heterocycles. The fraction of sp³-hybridized carbons (Fsp3) is 0.889. The van der Waals surface area contributed by atoms with E-state index in [0.29, 0.717) is 13.2 Å². The summed E-state index contributed by atoms with van der Waals surface area (Å²) in [5, 5.41) is 0. The van der Waals surface area contributed by atoms with Gasteiger partial charge in [-0.3, -0.25) is 4.90 Å². The van der Waals surface area contributed by atoms with Crippen molar-refractivity contribution >= 4 is 0 Å². The lowest BCUT2D eigenvalue weighted by Crippen LogP contribution is -2.37. The average Bonchev–Trinajstić information content (AvgIpc) is 2.15. The summed E-state index contributed by atoms with van der Waals surface area (Å²) in [6, 6.07) is 0. The van der Waals surface area contributed by atoms with Crippen LogP contribution >= 0.6 is 0 Å². The van der Waals surface area contributed by atoms with E-state index in [9.17, 15) is 0 Å². The van der Waals surface area contributed by atoms with Gasteiger partial charge >= 0.3 is 0 Å². The minimum atomic E-state index is 0.647. The fourth-order valence-corrected chi connectivity index (χ4v) is 1.33. The third-order valence-corrected chi connectivity index (χ3v) is 1.95. The Balaban J connectivity index is 2.29. The molecule has 1 radical (unpaired) electrons. The summed E-state index contributed by atoms with van der Waals surface area (Å²) >= 11 is 0. The minimum absolute atomic E-state index is 0.647. The average molecular weight is 172 g/mol. The van der Waals surface area contributed by atoms with Crippen molar-refractivity contribution < 1.29 is 9.47 Å². The molecule has 0 aromatic rings. The van der Waals surface area contributed by atoms with Crippen molar-refractivity contribution in [3.8, 4) is 0 Å². The van der Waals surface area contributed by atoms with E-state index in [0.717, 1.165) is 32.3 Å². The van der Waals surface area contributed by atoms with Gasteiger partial charge in [0.25, 0.3) is 0 Å². The lowest BCUT2D eigenvalue weighted by atomic mass is 10.3. The van der Waals surface area contributed by atoms with Crippen molar-refractivity contribution in [2.45, 2.75) is 20.3 Å². The van der Waals surface area contributed by atoms with Crippen LogP contribution in [0.4, 0.5) is 0 Å². The summed E-state index contributed by atoms with van der Waals surface area (Å²) in [6.45, 7) is 8.46. The standard InChI is InChI=1S/C9H18NO2/c1-3-5-10(4-2)9-8-11-6-7-12-9/h3-8H2,1-2H3. The molecule has 3 nitrogen and oxygen atoms in total. The molecule has 0 unspecified atom stereocenters. The number of hydrogen-bond donors (Lipinski definition) is 0. The van der Waals surface area contributed by atoms with Gasteiger partial charge in [0.1, 0.15) is 0 Å². The minimum Gasteiger partial charge on any atom is -0.374 e. The number of hydrogen-bond acceptors (Lipinski definition) is 3. The van der Waals surface area contributed by atoms with Crippen LogP contribution in [0.5, 0.6) is 0 Å². The topological polar surface area (TPSA) is 21.7 Å². The number of rotatable bonds is 4. The van der Waals surface area contributed by atoms with Gasteiger partial charge in [-0.05, 0) is 13.0 Å². The number of likely N-dealkylation sites (N-methyl/N-ethyl adjacent to an activating group) is 1. The quantitative estimate of drug-likeness (QED) is 0.637. The second kappa shape index (κ2) is 5.51. The first kappa shape index (κ1) is 9.96. The van der Waals surface area contributed by atoms with Crippen LogP contribution in [0.1, 0.15) is 20.3 Å². The van der Waals surface area contributed by atoms with Crippen LogP contribution < -0.4 is 0 Å². The molecule has 71 valence electrons. The van der Waals surface area contributed by atoms with Crippen molar-refractivity contribution in [3.05, 3.63) is 6.23 Å². The molecule has 3 heteroatoms. The molecule has 0 aromatic carbocycles. The van der Waals surface area contributed by atoms with E-state index >= 15 is 0 Å². The van der Waals surface area contributed by atoms with Crippen LogP contribution in [-0.2, 0) is 9.47 Å². The highest BCUT2D eigenvalue weighted by molar-refractivity contribution is 4.80. The van der Waals surface area contributed by atoms with Gasteiger partial charge in [0.05, 0.1) is 19.8 Å². The van der Waals surface area contributed by atoms with Crippen LogP contribution in [0, 0.1) is 6.23 Å². The molecule has 0 atom stereocenters. The Morgan fingerprint density at radius 1 is 1.33 bits per heavy atom. The Morgan fingerprint density at radius 2 is 2.17 bits per heavy atom. The molecule has 1 fully saturated rings. The van der Waals surface area contributed by atoms with Crippen LogP contribution in [-0.4, -0.2) is 37.8 Å². The second-order valence-corrected chi connectivity index (χ2v) is 2.87. The summed E-state index contributed by atoms with van der Waals surface area (Å²) in [4.78, 5) is 2.24. The van der Waals surface area contributed by atoms with Crippen molar-refractivity contribution in [2.75, 3.05) is 32.9 Å². The molecule has 1 rings (SSSR count). The van der Waals surface area contributed by atoms with Gasteiger partial charge in [-0.25, -0.2) is 0 Å². The molecule has 0 N–H and O–H groups in total. The molecular formula is C9H18NO2. The molecule has 1 aliphatic heterocycles. The van der Waals surface area contributed by atoms with E-state index in [2.05, 4.69) is 18.7 Å². The van der Waals surface area contributed by atoms with Crippen molar-refractivity contribution in [1.29, 1.82) is 0 Å². The molecule has 1 saturated heterocycles. The first-order valence-electron chi connectivity index (χ1n) is 4.69. The fourth-order valence-electron chi connectivity index (χ4n) is 1.33. The summed E-state index contributed by atoms with van der Waals surface area (Å²) in [5.74, 6) is 0. The summed E-state index contributed by atoms with van der Waals surface area (Å²) in [6.07, 6.45) is 2.16. The number of ether oxygens (including phenoxy) is 2. The Kier molecular flexibility index (Phi) is 4.58. The van der Waals surface area contributed by atoms with Crippen molar-refractivity contribution in [3.63, 3.8) is 0 Å². The molecule has 12 heavy (non-hydrogen) atoms. The molecule has 0 amide bonds. The zero-order chi connectivity index (χ0) is 8.81. The van der Waals surface area contributed by atoms with Crippen LogP contribution in [0.15, 0.2) is 0 Å². The van der Waals surface area contributed by atoms with E-state index in [1.165, 1.54) is 0 Å². The van der Waals surface area contributed by atoms with Gasteiger partial charge in [0.15, 0.2) is 6.23 Å². The molecule has 0 bridgehead atoms. The predicted octanol–water partition coefficient (Wildman–Crippen LogP) is 1.25. The Morgan fingerprint density at radius 3 is 2.67 bits per heavy atom. The van der Waals surface area contributed by atoms with Gasteiger partial charge in [0, 0.05) is 6.54 Å². The van der Waals surface area contributed by atoms with Gasteiger partial charge < -0.3 is 9.47 Å². The van der Waals surface area contributed by atoms with Gasteiger partial charge in [0.2, 0.25) is 0 Å². The SMILES string of the molecule is CCCN(CC)[C]1COCCO1. The molecule has 0 spiro atoms. The first-order valence-corrected chi connectivity index (χ1v) is 4.69. The third-order valence-electron chi connectivity index (χ3n) is 1.95. The van der Waals surface area contributed by atoms with E-state index in [4.69, 9.17) is 9.47 Å². The van der Waals surface area contributed by atoms with E-state index < -0.39 is 0 Å². The van der Waals surface area contributed by atoms with Crippen molar-refractivity contribution in [1.82, 2.24) is 4.90 Å². The van der Waals surface area contributed by atoms with Gasteiger partial charge in [-0.1, -0.05) is 13.8 Å². The summed E-state index contributed by atoms with van der Waals surface area (Å²) in [7, 11) is 0. The Labute approximate surface area is 74.6 Å². The van der Waals surface area contributed by atoms with Gasteiger partial charge in [-0.2, -0.15) is 0 Å². The van der Waals surface area contributed by atoms with Crippen LogP contribution in [0.25, 0.3) is 0 Å². The van der Waals surface area contributed by atoms with Crippen molar-refractivity contribution in [2.24, 2.45) is 0 Å². The molecule has 1 heterocycles. The number of nitrogens with zero attached hydrogens (tertiary/aromatic N) is 1.